The van der Waals surface area contributed by atoms with E-state index in [1.54, 1.807) is 0 Å². The molecule has 354 valence electrons. The molecule has 62 heavy (non-hydrogen) atoms. The van der Waals surface area contributed by atoms with Crippen LogP contribution in [0.4, 0.5) is 0 Å². The van der Waals surface area contributed by atoms with Crippen molar-refractivity contribution in [2.75, 3.05) is 13.2 Å². The van der Waals surface area contributed by atoms with Gasteiger partial charge in [0, 0.05) is 17.8 Å². The van der Waals surface area contributed by atoms with Crippen LogP contribution in [0.1, 0.15) is 99.3 Å². The molecule has 5 saturated heterocycles. The predicted octanol–water partition coefficient (Wildman–Crippen LogP) is 0.357. The van der Waals surface area contributed by atoms with Crippen molar-refractivity contribution < 1.29 is 83.9 Å². The number of allylic oxidation sites excluding steroid dienone is 1. The van der Waals surface area contributed by atoms with Crippen molar-refractivity contribution in [3.8, 4) is 0 Å². The topological polar surface area (TPSA) is 256 Å². The van der Waals surface area contributed by atoms with Crippen LogP contribution < -0.4 is 0 Å². The summed E-state index contributed by atoms with van der Waals surface area (Å²) in [5, 5.41) is 98.7. The quantitative estimate of drug-likeness (QED) is 0.157. The highest BCUT2D eigenvalue weighted by molar-refractivity contribution is 5.29. The van der Waals surface area contributed by atoms with Gasteiger partial charge in [-0.2, -0.15) is 0 Å². The number of ether oxygens (including phenoxy) is 8. The lowest BCUT2D eigenvalue weighted by Gasteiger charge is -2.60. The molecule has 9 N–H and O–H groups in total. The third kappa shape index (κ3) is 7.05. The van der Waals surface area contributed by atoms with Gasteiger partial charge in [-0.1, -0.05) is 39.3 Å². The van der Waals surface area contributed by atoms with E-state index in [1.165, 1.54) is 19.4 Å². The normalized spacial score (nSPS) is 58.9. The minimum absolute atomic E-state index is 0.122. The van der Waals surface area contributed by atoms with Crippen molar-refractivity contribution in [3.63, 3.8) is 0 Å². The van der Waals surface area contributed by atoms with E-state index in [2.05, 4.69) is 33.8 Å². The molecule has 17 nitrogen and oxygen atoms in total. The van der Waals surface area contributed by atoms with E-state index in [0.717, 1.165) is 44.9 Å². The Balaban J connectivity index is 0.945. The van der Waals surface area contributed by atoms with E-state index in [1.807, 2.05) is 0 Å². The van der Waals surface area contributed by atoms with Gasteiger partial charge < -0.3 is 83.9 Å². The monoisotopic (exact) mass is 884 g/mol. The second kappa shape index (κ2) is 16.7. The Bertz CT molecular complexity index is 1640. The summed E-state index contributed by atoms with van der Waals surface area (Å²) in [4.78, 5) is 0. The van der Waals surface area contributed by atoms with E-state index in [-0.39, 0.29) is 28.8 Å². The fourth-order valence-corrected chi connectivity index (χ4v) is 13.9. The summed E-state index contributed by atoms with van der Waals surface area (Å²) < 4.78 is 50.2. The first-order valence-corrected chi connectivity index (χ1v) is 23.3. The molecule has 0 bridgehead atoms. The zero-order valence-corrected chi connectivity index (χ0v) is 36.8. The summed E-state index contributed by atoms with van der Waals surface area (Å²) in [6, 6.07) is 0. The first-order chi connectivity index (χ1) is 29.3. The van der Waals surface area contributed by atoms with Gasteiger partial charge >= 0.3 is 0 Å². The zero-order chi connectivity index (χ0) is 44.4. The summed E-state index contributed by atoms with van der Waals surface area (Å²) in [7, 11) is 0. The molecule has 5 aliphatic heterocycles. The lowest BCUT2D eigenvalue weighted by atomic mass is 9.46. The van der Waals surface area contributed by atoms with Gasteiger partial charge in [0.05, 0.1) is 37.6 Å². The van der Waals surface area contributed by atoms with E-state index in [9.17, 15) is 46.0 Å². The van der Waals surface area contributed by atoms with E-state index in [4.69, 9.17) is 37.9 Å². The van der Waals surface area contributed by atoms with Crippen molar-refractivity contribution in [2.45, 2.75) is 215 Å². The van der Waals surface area contributed by atoms with Crippen LogP contribution in [0.5, 0.6) is 0 Å². The maximum absolute atomic E-state index is 12.8. The molecular formula is C45H72O17. The molecule has 0 aromatic rings. The van der Waals surface area contributed by atoms with E-state index < -0.39 is 116 Å². The first kappa shape index (κ1) is 46.2. The Hall–Kier alpha value is -0.940. The SMILES string of the molecule is CC1CCC2(OC1)OC1CC3C4CC=C5CC(OC6OC(CO)C(O)C(OC7OC(C)C(O)C(O)C7O)C6OC6OC(C)C(O)C(O)C6O)CCC5(C)C4CCC3(C)C1(O)C2C. The smallest absolute Gasteiger partial charge is 0.187 e. The molecule has 9 rings (SSSR count). The highest BCUT2D eigenvalue weighted by atomic mass is 16.8. The minimum atomic E-state index is -1.75. The minimum Gasteiger partial charge on any atom is -0.394 e. The number of aliphatic hydroxyl groups is 9. The van der Waals surface area contributed by atoms with Gasteiger partial charge in [0.15, 0.2) is 24.7 Å². The molecule has 26 atom stereocenters. The number of aliphatic hydroxyl groups excluding tert-OH is 8. The first-order valence-electron chi connectivity index (χ1n) is 23.3. The van der Waals surface area contributed by atoms with Gasteiger partial charge in [0.2, 0.25) is 0 Å². The zero-order valence-electron chi connectivity index (χ0n) is 36.8. The van der Waals surface area contributed by atoms with Crippen molar-refractivity contribution in [1.29, 1.82) is 0 Å². The van der Waals surface area contributed by atoms with Crippen LogP contribution in [0.25, 0.3) is 0 Å². The lowest BCUT2D eigenvalue weighted by molar-refractivity contribution is -0.393. The Morgan fingerprint density at radius 1 is 0.694 bits per heavy atom. The number of hydrogen-bond acceptors (Lipinski definition) is 17. The third-order valence-electron chi connectivity index (χ3n) is 17.9. The third-order valence-corrected chi connectivity index (χ3v) is 17.9. The van der Waals surface area contributed by atoms with Gasteiger partial charge in [0.1, 0.15) is 66.6 Å². The molecule has 9 aliphatic rings. The van der Waals surface area contributed by atoms with Gasteiger partial charge in [0.25, 0.3) is 0 Å². The summed E-state index contributed by atoms with van der Waals surface area (Å²) in [6.07, 6.45) is -12.9. The maximum atomic E-state index is 12.8. The van der Waals surface area contributed by atoms with Gasteiger partial charge in [-0.3, -0.25) is 0 Å². The molecule has 4 aliphatic carbocycles. The molecule has 0 amide bonds. The molecule has 0 aromatic carbocycles. The summed E-state index contributed by atoms with van der Waals surface area (Å²) in [6.45, 7) is 12.0. The van der Waals surface area contributed by atoms with Crippen LogP contribution in [0.3, 0.4) is 0 Å². The van der Waals surface area contributed by atoms with E-state index >= 15 is 0 Å². The lowest BCUT2D eigenvalue weighted by Crippen LogP contribution is -2.67. The van der Waals surface area contributed by atoms with Crippen molar-refractivity contribution >= 4 is 0 Å². The van der Waals surface area contributed by atoms with Crippen LogP contribution in [0.15, 0.2) is 11.6 Å². The standard InChI is InChI=1S/C45H72O17/c1-19-9-14-44(55-18-19)22(4)45(54)29(62-44)16-27-25-8-7-23-15-24(10-12-42(23,5)26(25)11-13-43(27,45)6)58-41-38(61-40-36(53)34(51)31(48)21(3)57-40)37(32(49)28(17-46)59-41)60-39-35(52)33(50)30(47)20(2)56-39/h7,19-22,24-41,46-54H,8-18H2,1-6H3. The fourth-order valence-electron chi connectivity index (χ4n) is 13.9. The molecule has 26 unspecified atom stereocenters. The van der Waals surface area contributed by atoms with Crippen LogP contribution >= 0.6 is 0 Å². The summed E-state index contributed by atoms with van der Waals surface area (Å²) in [5.41, 5.74) is -0.134. The average molecular weight is 885 g/mol. The number of rotatable bonds is 7. The molecule has 5 heterocycles. The molecule has 1 spiro atoms. The van der Waals surface area contributed by atoms with Crippen molar-refractivity contribution in [2.24, 2.45) is 40.4 Å². The van der Waals surface area contributed by atoms with Gasteiger partial charge in [-0.25, -0.2) is 0 Å². The largest absolute Gasteiger partial charge is 0.394 e. The highest BCUT2D eigenvalue weighted by Crippen LogP contribution is 2.72. The molecular weight excluding hydrogens is 812 g/mol. The second-order valence-electron chi connectivity index (χ2n) is 21.2. The van der Waals surface area contributed by atoms with Crippen LogP contribution in [-0.2, 0) is 37.9 Å². The fraction of sp³-hybridized carbons (Fsp3) is 0.956. The predicted molar refractivity (Wildman–Crippen MR) is 214 cm³/mol. The Morgan fingerprint density at radius 3 is 1.95 bits per heavy atom. The maximum Gasteiger partial charge on any atom is 0.187 e. The Labute approximate surface area is 363 Å². The highest BCUT2D eigenvalue weighted by Gasteiger charge is 2.76. The van der Waals surface area contributed by atoms with Crippen molar-refractivity contribution in [3.05, 3.63) is 11.6 Å². The van der Waals surface area contributed by atoms with Gasteiger partial charge in [-0.15, -0.1) is 0 Å². The van der Waals surface area contributed by atoms with E-state index in [0.29, 0.717) is 37.2 Å². The molecule has 3 saturated carbocycles. The van der Waals surface area contributed by atoms with Crippen LogP contribution in [0, 0.1) is 40.4 Å². The Morgan fingerprint density at radius 2 is 1.34 bits per heavy atom. The van der Waals surface area contributed by atoms with Gasteiger partial charge in [-0.05, 0) is 94.3 Å². The summed E-state index contributed by atoms with van der Waals surface area (Å²) >= 11 is 0. The average Bonchev–Trinajstić information content (AvgIpc) is 3.60. The van der Waals surface area contributed by atoms with Crippen LogP contribution in [0.2, 0.25) is 0 Å². The Kier molecular flexibility index (Phi) is 12.4. The number of hydrogen-bond donors (Lipinski definition) is 9. The molecule has 17 heteroatoms. The summed E-state index contributed by atoms with van der Waals surface area (Å²) in [5.74, 6) is 0.655. The molecule has 0 radical (unpaired) electrons. The second-order valence-corrected chi connectivity index (χ2v) is 21.2. The molecule has 8 fully saturated rings. The van der Waals surface area contributed by atoms with Crippen molar-refractivity contribution in [1.82, 2.24) is 0 Å². The number of fused-ring (bicyclic) bond motifs is 7. The van der Waals surface area contributed by atoms with Crippen LogP contribution in [-0.4, -0.2) is 175 Å². The molecule has 0 aromatic heterocycles.